The Hall–Kier alpha value is -1.07. The van der Waals surface area contributed by atoms with Crippen LogP contribution in [0.2, 0.25) is 0 Å². The summed E-state index contributed by atoms with van der Waals surface area (Å²) >= 11 is 0. The highest BCUT2D eigenvalue weighted by atomic mass is 15.4. The minimum Gasteiger partial charge on any atom is -0.325 e. The van der Waals surface area contributed by atoms with Gasteiger partial charge in [-0.05, 0) is 26.8 Å². The summed E-state index contributed by atoms with van der Waals surface area (Å²) in [5.41, 5.74) is 7.43. The van der Waals surface area contributed by atoms with Crippen LogP contribution in [0.4, 0.5) is 5.95 Å². The minimum absolute atomic E-state index is 0.0221. The number of nitrogens with one attached hydrogen (secondary N) is 1. The lowest BCUT2D eigenvalue weighted by Gasteiger charge is -2.36. The Morgan fingerprint density at radius 2 is 2.29 bits per heavy atom. The van der Waals surface area contributed by atoms with Gasteiger partial charge in [0.25, 0.3) is 0 Å². The van der Waals surface area contributed by atoms with Crippen molar-refractivity contribution >= 4 is 5.95 Å². The number of aromatic nitrogens is 2. The van der Waals surface area contributed by atoms with E-state index < -0.39 is 0 Å². The maximum atomic E-state index is 6.28. The highest BCUT2D eigenvalue weighted by Crippen LogP contribution is 2.22. The number of nitrogens with two attached hydrogens (primary N) is 1. The zero-order valence-corrected chi connectivity index (χ0v) is 11.0. The molecule has 0 saturated carbocycles. The van der Waals surface area contributed by atoms with Crippen molar-refractivity contribution in [3.63, 3.8) is 0 Å². The second-order valence-electron chi connectivity index (χ2n) is 4.69. The standard InChI is InChI=1S/C12H23N5/c1-4-10-8-16-6-5-7-17(12(16)15-10)11(13)9(2)14-3/h8-9,11,14H,4-7,13H2,1-3H3. The number of imidazole rings is 1. The Kier molecular flexibility index (Phi) is 3.69. The molecule has 5 nitrogen and oxygen atoms in total. The number of hydrogen-bond acceptors (Lipinski definition) is 4. The molecular weight excluding hydrogens is 214 g/mol. The van der Waals surface area contributed by atoms with Crippen molar-refractivity contribution in [2.45, 2.75) is 45.4 Å². The van der Waals surface area contributed by atoms with Gasteiger partial charge in [0.05, 0.1) is 11.9 Å². The fourth-order valence-corrected chi connectivity index (χ4v) is 2.26. The van der Waals surface area contributed by atoms with Crippen LogP contribution in [-0.4, -0.2) is 35.4 Å². The summed E-state index contributed by atoms with van der Waals surface area (Å²) in [6, 6.07) is 0.253. The molecule has 17 heavy (non-hydrogen) atoms. The summed E-state index contributed by atoms with van der Waals surface area (Å²) in [6.07, 6.45) is 4.24. The Morgan fingerprint density at radius 3 is 2.94 bits per heavy atom. The fourth-order valence-electron chi connectivity index (χ4n) is 2.26. The first-order chi connectivity index (χ1) is 8.17. The van der Waals surface area contributed by atoms with E-state index in [2.05, 4.69) is 39.8 Å². The van der Waals surface area contributed by atoms with Crippen molar-refractivity contribution in [2.75, 3.05) is 18.5 Å². The highest BCUT2D eigenvalue weighted by Gasteiger charge is 2.26. The van der Waals surface area contributed by atoms with Gasteiger partial charge in [-0.1, -0.05) is 6.92 Å². The molecule has 0 aliphatic carbocycles. The van der Waals surface area contributed by atoms with E-state index in [0.29, 0.717) is 0 Å². The molecule has 2 rings (SSSR count). The third kappa shape index (κ3) is 2.30. The van der Waals surface area contributed by atoms with Crippen molar-refractivity contribution in [2.24, 2.45) is 5.73 Å². The van der Waals surface area contributed by atoms with E-state index in [1.165, 1.54) is 0 Å². The van der Waals surface area contributed by atoms with Crippen LogP contribution in [0.3, 0.4) is 0 Å². The second kappa shape index (κ2) is 5.06. The molecule has 0 aromatic carbocycles. The zero-order valence-electron chi connectivity index (χ0n) is 11.0. The largest absolute Gasteiger partial charge is 0.325 e. The van der Waals surface area contributed by atoms with Gasteiger partial charge in [-0.3, -0.25) is 0 Å². The van der Waals surface area contributed by atoms with Crippen LogP contribution in [0.25, 0.3) is 0 Å². The van der Waals surface area contributed by atoms with Crippen LogP contribution in [0.1, 0.15) is 26.0 Å². The van der Waals surface area contributed by atoms with Crippen LogP contribution in [-0.2, 0) is 13.0 Å². The molecule has 2 heterocycles. The van der Waals surface area contributed by atoms with Crippen molar-refractivity contribution in [1.82, 2.24) is 14.9 Å². The molecule has 1 aromatic rings. The van der Waals surface area contributed by atoms with E-state index >= 15 is 0 Å². The number of likely N-dealkylation sites (N-methyl/N-ethyl adjacent to an activating group) is 1. The van der Waals surface area contributed by atoms with E-state index in [1.54, 1.807) is 0 Å². The number of nitrogens with zero attached hydrogens (tertiary/aromatic N) is 3. The molecule has 96 valence electrons. The number of rotatable bonds is 4. The lowest BCUT2D eigenvalue weighted by atomic mass is 10.2. The van der Waals surface area contributed by atoms with Crippen molar-refractivity contribution in [1.29, 1.82) is 0 Å². The van der Waals surface area contributed by atoms with Gasteiger partial charge in [-0.2, -0.15) is 0 Å². The molecule has 1 aromatic heterocycles. The monoisotopic (exact) mass is 237 g/mol. The molecule has 3 N–H and O–H groups in total. The molecule has 2 atom stereocenters. The van der Waals surface area contributed by atoms with Gasteiger partial charge in [0.15, 0.2) is 0 Å². The summed E-state index contributed by atoms with van der Waals surface area (Å²) < 4.78 is 2.23. The van der Waals surface area contributed by atoms with Gasteiger partial charge in [0.1, 0.15) is 0 Å². The molecule has 0 amide bonds. The predicted molar refractivity (Wildman–Crippen MR) is 70.1 cm³/mol. The average Bonchev–Trinajstić information content (AvgIpc) is 2.79. The van der Waals surface area contributed by atoms with Crippen molar-refractivity contribution < 1.29 is 0 Å². The fraction of sp³-hybridized carbons (Fsp3) is 0.750. The molecule has 1 aliphatic heterocycles. The number of anilines is 1. The highest BCUT2D eigenvalue weighted by molar-refractivity contribution is 5.37. The summed E-state index contributed by atoms with van der Waals surface area (Å²) in [6.45, 7) is 6.29. The van der Waals surface area contributed by atoms with Crippen LogP contribution in [0.15, 0.2) is 6.20 Å². The van der Waals surface area contributed by atoms with Crippen LogP contribution < -0.4 is 16.0 Å². The number of fused-ring (bicyclic) bond motifs is 1. The lowest BCUT2D eigenvalue weighted by Crippen LogP contribution is -2.55. The van der Waals surface area contributed by atoms with Crippen molar-refractivity contribution in [3.8, 4) is 0 Å². The summed E-state index contributed by atoms with van der Waals surface area (Å²) in [5, 5.41) is 3.21. The average molecular weight is 237 g/mol. The second-order valence-corrected chi connectivity index (χ2v) is 4.69. The van der Waals surface area contributed by atoms with E-state index in [1.807, 2.05) is 7.05 Å². The van der Waals surface area contributed by atoms with E-state index in [-0.39, 0.29) is 12.2 Å². The van der Waals surface area contributed by atoms with E-state index in [0.717, 1.165) is 37.6 Å². The Morgan fingerprint density at radius 1 is 1.53 bits per heavy atom. The van der Waals surface area contributed by atoms with Crippen LogP contribution in [0.5, 0.6) is 0 Å². The molecule has 2 unspecified atom stereocenters. The Labute approximate surface area is 103 Å². The molecular formula is C12H23N5. The summed E-state index contributed by atoms with van der Waals surface area (Å²) in [4.78, 5) is 6.88. The van der Waals surface area contributed by atoms with Gasteiger partial charge in [-0.25, -0.2) is 4.98 Å². The topological polar surface area (TPSA) is 59.1 Å². The smallest absolute Gasteiger partial charge is 0.207 e. The first-order valence-electron chi connectivity index (χ1n) is 6.43. The third-order valence-electron chi connectivity index (χ3n) is 3.55. The van der Waals surface area contributed by atoms with Gasteiger partial charge < -0.3 is 20.5 Å². The quantitative estimate of drug-likeness (QED) is 0.803. The summed E-state index contributed by atoms with van der Waals surface area (Å²) in [7, 11) is 1.94. The van der Waals surface area contributed by atoms with Crippen LogP contribution in [0, 0.1) is 0 Å². The maximum absolute atomic E-state index is 6.28. The minimum atomic E-state index is -0.0221. The Bertz CT molecular complexity index is 373. The molecule has 5 heteroatoms. The SMILES string of the molecule is CCc1cn2c(n1)N(C(N)C(C)NC)CCC2. The van der Waals surface area contributed by atoms with E-state index in [4.69, 9.17) is 5.73 Å². The summed E-state index contributed by atoms with van der Waals surface area (Å²) in [5.74, 6) is 1.03. The molecule has 1 aliphatic rings. The van der Waals surface area contributed by atoms with Gasteiger partial charge in [0, 0.05) is 25.3 Å². The number of hydrogen-bond donors (Lipinski definition) is 2. The maximum Gasteiger partial charge on any atom is 0.207 e. The van der Waals surface area contributed by atoms with Gasteiger partial charge >= 0.3 is 0 Å². The number of aryl methyl sites for hydroxylation is 2. The first-order valence-corrected chi connectivity index (χ1v) is 6.43. The van der Waals surface area contributed by atoms with Gasteiger partial charge in [-0.15, -0.1) is 0 Å². The van der Waals surface area contributed by atoms with Gasteiger partial charge in [0.2, 0.25) is 5.95 Å². The first kappa shape index (κ1) is 12.4. The lowest BCUT2D eigenvalue weighted by molar-refractivity contribution is 0.427. The normalized spacial score (nSPS) is 18.9. The molecule has 0 spiro atoms. The molecule has 0 saturated heterocycles. The molecule has 0 fully saturated rings. The van der Waals surface area contributed by atoms with Crippen molar-refractivity contribution in [3.05, 3.63) is 11.9 Å². The molecule has 0 bridgehead atoms. The molecule has 0 radical (unpaired) electrons. The third-order valence-corrected chi connectivity index (χ3v) is 3.55. The van der Waals surface area contributed by atoms with Crippen LogP contribution >= 0.6 is 0 Å². The van der Waals surface area contributed by atoms with E-state index in [9.17, 15) is 0 Å². The predicted octanol–water partition coefficient (Wildman–Crippen LogP) is 0.548. The zero-order chi connectivity index (χ0) is 12.4. The Balaban J connectivity index is 2.24.